The van der Waals surface area contributed by atoms with Gasteiger partial charge >= 0.3 is 0 Å². The third kappa shape index (κ3) is 8.40. The van der Waals surface area contributed by atoms with E-state index in [1.807, 2.05) is 0 Å². The number of β-amino-alcohol motifs (C(OH)–C–C–N with tert-alkyl or cyclic N) is 2. The Labute approximate surface area is 155 Å². The van der Waals surface area contributed by atoms with Crippen LogP contribution in [0.25, 0.3) is 0 Å². The lowest BCUT2D eigenvalue weighted by atomic mass is 10.2. The van der Waals surface area contributed by atoms with E-state index < -0.39 is 6.10 Å². The summed E-state index contributed by atoms with van der Waals surface area (Å²) in [5.74, 6) is 0.714. The zero-order valence-corrected chi connectivity index (χ0v) is 15.1. The summed E-state index contributed by atoms with van der Waals surface area (Å²) in [6, 6.07) is 7.12. The number of piperazine rings is 1. The molecule has 1 aliphatic rings. The molecule has 2 rings (SSSR count). The Balaban J connectivity index is 0.00000242. The Morgan fingerprint density at radius 1 is 1.04 bits per heavy atom. The van der Waals surface area contributed by atoms with E-state index in [-0.39, 0.29) is 38.0 Å². The molecule has 8 heteroatoms. The fraction of sp³-hybridized carbons (Fsp3) is 0.600. The molecule has 1 fully saturated rings. The van der Waals surface area contributed by atoms with Crippen molar-refractivity contribution in [2.75, 3.05) is 52.5 Å². The van der Waals surface area contributed by atoms with Gasteiger partial charge in [-0.1, -0.05) is 11.6 Å². The van der Waals surface area contributed by atoms with Crippen LogP contribution >= 0.6 is 11.6 Å². The van der Waals surface area contributed by atoms with Gasteiger partial charge in [0.15, 0.2) is 0 Å². The van der Waals surface area contributed by atoms with Crippen molar-refractivity contribution in [2.24, 2.45) is 0 Å². The number of halogens is 3. The van der Waals surface area contributed by atoms with Crippen LogP contribution in [-0.2, 0) is 0 Å². The number of hydrogen-bond acceptors (Lipinski definition) is 5. The van der Waals surface area contributed by atoms with Gasteiger partial charge in [-0.3, -0.25) is 9.80 Å². The number of aliphatic hydroxyl groups is 2. The summed E-state index contributed by atoms with van der Waals surface area (Å²) in [5.41, 5.74) is 0. The molecule has 1 heterocycles. The van der Waals surface area contributed by atoms with Gasteiger partial charge in [0.05, 0.1) is 6.61 Å². The molecule has 0 radical (unpaired) electrons. The number of rotatable bonds is 7. The van der Waals surface area contributed by atoms with Crippen molar-refractivity contribution in [3.8, 4) is 5.75 Å². The minimum absolute atomic E-state index is 0. The van der Waals surface area contributed by atoms with E-state index in [2.05, 4.69) is 9.80 Å². The van der Waals surface area contributed by atoms with E-state index in [0.717, 1.165) is 32.7 Å². The first-order valence-corrected chi connectivity index (χ1v) is 7.67. The van der Waals surface area contributed by atoms with Gasteiger partial charge in [0.1, 0.15) is 18.5 Å². The highest BCUT2D eigenvalue weighted by Gasteiger charge is 2.19. The first-order chi connectivity index (χ1) is 10.2. The van der Waals surface area contributed by atoms with Crippen LogP contribution < -0.4 is 29.6 Å². The average Bonchev–Trinajstić information content (AvgIpc) is 2.49. The number of aliphatic hydroxyl groups excluding tert-OH is 2. The molecular formula is C15H23Cl3N2O3-2. The highest BCUT2D eigenvalue weighted by Crippen LogP contribution is 2.15. The lowest BCUT2D eigenvalue weighted by Crippen LogP contribution is -3.00. The van der Waals surface area contributed by atoms with Gasteiger partial charge in [-0.25, -0.2) is 0 Å². The molecule has 0 aliphatic carbocycles. The molecule has 1 saturated heterocycles. The summed E-state index contributed by atoms with van der Waals surface area (Å²) in [6.07, 6.45) is -0.509. The molecule has 134 valence electrons. The second kappa shape index (κ2) is 12.1. The van der Waals surface area contributed by atoms with Crippen LogP contribution in [0.15, 0.2) is 24.3 Å². The predicted octanol–water partition coefficient (Wildman–Crippen LogP) is -5.30. The zero-order chi connectivity index (χ0) is 15.1. The van der Waals surface area contributed by atoms with Crippen molar-refractivity contribution >= 4 is 11.6 Å². The molecule has 0 bridgehead atoms. The molecule has 0 amide bonds. The average molecular weight is 386 g/mol. The molecule has 1 unspecified atom stereocenters. The maximum absolute atomic E-state index is 10.0. The quantitative estimate of drug-likeness (QED) is 0.491. The Kier molecular flexibility index (Phi) is 12.0. The lowest BCUT2D eigenvalue weighted by Gasteiger charge is -2.35. The van der Waals surface area contributed by atoms with Crippen LogP contribution in [0.5, 0.6) is 5.75 Å². The van der Waals surface area contributed by atoms with E-state index in [1.54, 1.807) is 24.3 Å². The summed E-state index contributed by atoms with van der Waals surface area (Å²) in [5, 5.41) is 19.6. The fourth-order valence-electron chi connectivity index (χ4n) is 2.41. The Hall–Kier alpha value is -0.270. The van der Waals surface area contributed by atoms with Crippen LogP contribution in [-0.4, -0.2) is 78.6 Å². The van der Waals surface area contributed by atoms with Crippen LogP contribution in [0.1, 0.15) is 0 Å². The standard InChI is InChI=1S/C15H23ClN2O3.2ClH/c16-13-1-3-15(4-2-13)21-12-14(20)11-18-7-5-17(6-8-18)9-10-19;;/h1-4,14,19-20H,5-12H2;2*1H/p-2. The van der Waals surface area contributed by atoms with Crippen LogP contribution in [0, 0.1) is 0 Å². The Morgan fingerprint density at radius 3 is 2.17 bits per heavy atom. The van der Waals surface area contributed by atoms with E-state index in [9.17, 15) is 5.11 Å². The van der Waals surface area contributed by atoms with Crippen molar-refractivity contribution in [1.29, 1.82) is 0 Å². The van der Waals surface area contributed by atoms with Crippen molar-refractivity contribution in [3.63, 3.8) is 0 Å². The molecule has 1 atom stereocenters. The highest BCUT2D eigenvalue weighted by atomic mass is 35.5. The largest absolute Gasteiger partial charge is 1.00 e. The van der Waals surface area contributed by atoms with E-state index >= 15 is 0 Å². The van der Waals surface area contributed by atoms with Gasteiger partial charge < -0.3 is 39.8 Å². The highest BCUT2D eigenvalue weighted by molar-refractivity contribution is 6.30. The van der Waals surface area contributed by atoms with Gasteiger partial charge in [0, 0.05) is 44.3 Å². The van der Waals surface area contributed by atoms with Gasteiger partial charge in [-0.2, -0.15) is 0 Å². The number of ether oxygens (including phenoxy) is 1. The topological polar surface area (TPSA) is 56.2 Å². The van der Waals surface area contributed by atoms with E-state index in [4.69, 9.17) is 21.4 Å². The summed E-state index contributed by atoms with van der Waals surface area (Å²) >= 11 is 5.81. The second-order valence-electron chi connectivity index (χ2n) is 5.28. The maximum atomic E-state index is 10.0. The molecule has 1 aromatic rings. The normalized spacial score (nSPS) is 17.0. The van der Waals surface area contributed by atoms with Crippen molar-refractivity contribution in [2.45, 2.75) is 6.10 Å². The minimum atomic E-state index is -0.509. The number of hydrogen-bond donors (Lipinski definition) is 2. The molecule has 5 nitrogen and oxygen atoms in total. The van der Waals surface area contributed by atoms with Crippen LogP contribution in [0.2, 0.25) is 5.02 Å². The smallest absolute Gasteiger partial charge is 0.119 e. The summed E-state index contributed by atoms with van der Waals surface area (Å²) in [4.78, 5) is 4.46. The number of nitrogens with zero attached hydrogens (tertiary/aromatic N) is 2. The third-order valence-corrected chi connectivity index (χ3v) is 3.86. The third-order valence-electron chi connectivity index (χ3n) is 3.61. The molecule has 23 heavy (non-hydrogen) atoms. The van der Waals surface area contributed by atoms with Crippen molar-refractivity contribution < 1.29 is 39.8 Å². The molecule has 0 aromatic heterocycles. The van der Waals surface area contributed by atoms with Gasteiger partial charge in [0.2, 0.25) is 0 Å². The Bertz CT molecular complexity index is 415. The summed E-state index contributed by atoms with van der Waals surface area (Å²) < 4.78 is 5.55. The van der Waals surface area contributed by atoms with Crippen LogP contribution in [0.3, 0.4) is 0 Å². The molecule has 2 N–H and O–H groups in total. The monoisotopic (exact) mass is 384 g/mol. The summed E-state index contributed by atoms with van der Waals surface area (Å²) in [6.45, 7) is 5.53. The Morgan fingerprint density at radius 2 is 1.61 bits per heavy atom. The predicted molar refractivity (Wildman–Crippen MR) is 82.9 cm³/mol. The van der Waals surface area contributed by atoms with Crippen molar-refractivity contribution in [3.05, 3.63) is 29.3 Å². The molecule has 1 aliphatic heterocycles. The van der Waals surface area contributed by atoms with Gasteiger partial charge in [-0.15, -0.1) is 0 Å². The van der Waals surface area contributed by atoms with Crippen LogP contribution in [0.4, 0.5) is 0 Å². The molecule has 0 saturated carbocycles. The first-order valence-electron chi connectivity index (χ1n) is 7.29. The first kappa shape index (κ1) is 22.7. The van der Waals surface area contributed by atoms with Gasteiger partial charge in [0.25, 0.3) is 0 Å². The van der Waals surface area contributed by atoms with Gasteiger partial charge in [-0.05, 0) is 24.3 Å². The lowest BCUT2D eigenvalue weighted by molar-refractivity contribution is -0.001000. The molecular weight excluding hydrogens is 363 g/mol. The minimum Gasteiger partial charge on any atom is -1.00 e. The number of benzene rings is 1. The maximum Gasteiger partial charge on any atom is 0.119 e. The summed E-state index contributed by atoms with van der Waals surface area (Å²) in [7, 11) is 0. The molecule has 0 spiro atoms. The SMILES string of the molecule is OCCN1CCN(CC(O)COc2ccc(Cl)cc2)CC1.[Cl-].[Cl-]. The van der Waals surface area contributed by atoms with E-state index in [0.29, 0.717) is 17.3 Å². The fourth-order valence-corrected chi connectivity index (χ4v) is 2.54. The van der Waals surface area contributed by atoms with E-state index in [1.165, 1.54) is 0 Å². The zero-order valence-electron chi connectivity index (χ0n) is 12.9. The van der Waals surface area contributed by atoms with Crippen molar-refractivity contribution in [1.82, 2.24) is 9.80 Å². The molecule has 1 aromatic carbocycles. The second-order valence-corrected chi connectivity index (χ2v) is 5.72.